The Bertz CT molecular complexity index is 577. The van der Waals surface area contributed by atoms with Gasteiger partial charge in [0, 0.05) is 24.9 Å². The lowest BCUT2D eigenvalue weighted by Crippen LogP contribution is -2.26. The van der Waals surface area contributed by atoms with Crippen LogP contribution < -0.4 is 5.32 Å². The Kier molecular flexibility index (Phi) is 3.31. The van der Waals surface area contributed by atoms with Crippen LogP contribution in [0.3, 0.4) is 0 Å². The second kappa shape index (κ2) is 4.96. The van der Waals surface area contributed by atoms with Crippen LogP contribution in [-0.2, 0) is 6.54 Å². The standard InChI is InChI=1S/C14H17BrN4/c1-9(2)13-12(15)14-17-7-11(8-19(14)18-13)10-3-5-16-6-4-10/h3-6,9,11,17H,7-8H2,1-2H3. The van der Waals surface area contributed by atoms with Crippen molar-refractivity contribution in [3.05, 3.63) is 40.3 Å². The first-order valence-corrected chi connectivity index (χ1v) is 7.36. The Labute approximate surface area is 121 Å². The monoisotopic (exact) mass is 320 g/mol. The summed E-state index contributed by atoms with van der Waals surface area (Å²) in [6, 6.07) is 4.17. The molecule has 1 aliphatic heterocycles. The Morgan fingerprint density at radius 2 is 2.11 bits per heavy atom. The van der Waals surface area contributed by atoms with E-state index < -0.39 is 0 Å². The lowest BCUT2D eigenvalue weighted by molar-refractivity contribution is 0.499. The molecule has 0 amide bonds. The van der Waals surface area contributed by atoms with Gasteiger partial charge < -0.3 is 5.32 Å². The fourth-order valence-corrected chi connectivity index (χ4v) is 3.36. The van der Waals surface area contributed by atoms with Crippen molar-refractivity contribution in [3.8, 4) is 0 Å². The number of fused-ring (bicyclic) bond motifs is 1. The molecule has 2 aromatic heterocycles. The molecule has 19 heavy (non-hydrogen) atoms. The fraction of sp³-hybridized carbons (Fsp3) is 0.429. The highest BCUT2D eigenvalue weighted by atomic mass is 79.9. The number of aromatic nitrogens is 3. The molecule has 0 aliphatic carbocycles. The zero-order valence-corrected chi connectivity index (χ0v) is 12.7. The van der Waals surface area contributed by atoms with Gasteiger partial charge in [-0.25, -0.2) is 4.68 Å². The van der Waals surface area contributed by atoms with Crippen molar-refractivity contribution in [3.63, 3.8) is 0 Å². The Morgan fingerprint density at radius 1 is 1.37 bits per heavy atom. The average Bonchev–Trinajstić information content (AvgIpc) is 2.77. The van der Waals surface area contributed by atoms with Crippen LogP contribution in [0.25, 0.3) is 0 Å². The van der Waals surface area contributed by atoms with Gasteiger partial charge in [0.25, 0.3) is 0 Å². The summed E-state index contributed by atoms with van der Waals surface area (Å²) in [6.07, 6.45) is 3.70. The average molecular weight is 321 g/mol. The molecule has 3 rings (SSSR count). The van der Waals surface area contributed by atoms with E-state index >= 15 is 0 Å². The van der Waals surface area contributed by atoms with Gasteiger partial charge in [0.15, 0.2) is 0 Å². The summed E-state index contributed by atoms with van der Waals surface area (Å²) in [5.41, 5.74) is 2.43. The second-order valence-corrected chi connectivity index (χ2v) is 6.04. The third-order valence-corrected chi connectivity index (χ3v) is 4.33. The summed E-state index contributed by atoms with van der Waals surface area (Å²) in [5, 5.41) is 8.21. The predicted octanol–water partition coefficient (Wildman–Crippen LogP) is 3.37. The molecule has 0 saturated carbocycles. The number of nitrogens with one attached hydrogen (secondary N) is 1. The number of halogens is 1. The zero-order valence-electron chi connectivity index (χ0n) is 11.1. The smallest absolute Gasteiger partial charge is 0.139 e. The minimum atomic E-state index is 0.425. The van der Waals surface area contributed by atoms with Gasteiger partial charge in [-0.3, -0.25) is 4.98 Å². The van der Waals surface area contributed by atoms with E-state index in [0.717, 1.165) is 29.1 Å². The molecular weight excluding hydrogens is 304 g/mol. The first-order chi connectivity index (χ1) is 9.16. The maximum Gasteiger partial charge on any atom is 0.139 e. The second-order valence-electron chi connectivity index (χ2n) is 5.24. The van der Waals surface area contributed by atoms with Crippen molar-refractivity contribution in [2.24, 2.45) is 0 Å². The molecule has 0 bridgehead atoms. The normalized spacial score (nSPS) is 18.2. The van der Waals surface area contributed by atoms with Gasteiger partial charge in [0.1, 0.15) is 5.82 Å². The summed E-state index contributed by atoms with van der Waals surface area (Å²) in [5.74, 6) is 1.98. The predicted molar refractivity (Wildman–Crippen MR) is 79.5 cm³/mol. The number of hydrogen-bond donors (Lipinski definition) is 1. The van der Waals surface area contributed by atoms with Crippen molar-refractivity contribution in [2.75, 3.05) is 11.9 Å². The van der Waals surface area contributed by atoms with Crippen molar-refractivity contribution in [1.82, 2.24) is 14.8 Å². The minimum Gasteiger partial charge on any atom is -0.369 e. The van der Waals surface area contributed by atoms with Crippen LogP contribution in [0.4, 0.5) is 5.82 Å². The molecule has 0 saturated heterocycles. The van der Waals surface area contributed by atoms with Crippen molar-refractivity contribution < 1.29 is 0 Å². The molecule has 0 aromatic carbocycles. The van der Waals surface area contributed by atoms with E-state index in [9.17, 15) is 0 Å². The summed E-state index contributed by atoms with van der Waals surface area (Å²) in [6.45, 7) is 6.18. The number of rotatable bonds is 2. The van der Waals surface area contributed by atoms with E-state index in [4.69, 9.17) is 5.10 Å². The summed E-state index contributed by atoms with van der Waals surface area (Å²) >= 11 is 3.66. The molecule has 1 unspecified atom stereocenters. The fourth-order valence-electron chi connectivity index (χ4n) is 2.48. The molecule has 4 nitrogen and oxygen atoms in total. The highest BCUT2D eigenvalue weighted by molar-refractivity contribution is 9.10. The van der Waals surface area contributed by atoms with Gasteiger partial charge in [0.2, 0.25) is 0 Å². The Hall–Kier alpha value is -1.36. The molecule has 3 heterocycles. The van der Waals surface area contributed by atoms with Crippen molar-refractivity contribution in [2.45, 2.75) is 32.2 Å². The number of nitrogens with zero attached hydrogens (tertiary/aromatic N) is 3. The van der Waals surface area contributed by atoms with E-state index in [2.05, 4.69) is 56.9 Å². The first-order valence-electron chi connectivity index (χ1n) is 6.56. The Morgan fingerprint density at radius 3 is 2.79 bits per heavy atom. The molecule has 0 fully saturated rings. The minimum absolute atomic E-state index is 0.425. The number of pyridine rings is 1. The van der Waals surface area contributed by atoms with Crippen LogP contribution >= 0.6 is 15.9 Å². The maximum absolute atomic E-state index is 4.72. The molecule has 1 N–H and O–H groups in total. The lowest BCUT2D eigenvalue weighted by atomic mass is 9.99. The maximum atomic E-state index is 4.72. The van der Waals surface area contributed by atoms with Gasteiger partial charge in [-0.1, -0.05) is 13.8 Å². The SMILES string of the molecule is CC(C)c1nn2c(c1Br)NCC(c1ccncc1)C2. The molecule has 1 aliphatic rings. The Balaban J connectivity index is 1.90. The number of hydrogen-bond acceptors (Lipinski definition) is 3. The van der Waals surface area contributed by atoms with Gasteiger partial charge >= 0.3 is 0 Å². The van der Waals surface area contributed by atoms with Crippen LogP contribution in [0, 0.1) is 0 Å². The van der Waals surface area contributed by atoms with Crippen LogP contribution in [-0.4, -0.2) is 21.3 Å². The van der Waals surface area contributed by atoms with Gasteiger partial charge in [-0.15, -0.1) is 0 Å². The summed E-state index contributed by atoms with van der Waals surface area (Å²) in [4.78, 5) is 4.08. The third-order valence-electron chi connectivity index (χ3n) is 3.55. The number of anilines is 1. The van der Waals surface area contributed by atoms with Crippen LogP contribution in [0.1, 0.15) is 36.9 Å². The van der Waals surface area contributed by atoms with E-state index in [1.165, 1.54) is 5.56 Å². The van der Waals surface area contributed by atoms with Crippen LogP contribution in [0.15, 0.2) is 29.0 Å². The highest BCUT2D eigenvalue weighted by Crippen LogP contribution is 2.35. The summed E-state index contributed by atoms with van der Waals surface area (Å²) in [7, 11) is 0. The van der Waals surface area contributed by atoms with E-state index in [0.29, 0.717) is 11.8 Å². The molecule has 2 aromatic rings. The first kappa shape index (κ1) is 12.7. The molecule has 5 heteroatoms. The molecular formula is C14H17BrN4. The summed E-state index contributed by atoms with van der Waals surface area (Å²) < 4.78 is 3.18. The lowest BCUT2D eigenvalue weighted by Gasteiger charge is -2.25. The van der Waals surface area contributed by atoms with Gasteiger partial charge in [0.05, 0.1) is 16.7 Å². The van der Waals surface area contributed by atoms with E-state index in [1.54, 1.807) is 0 Å². The molecule has 1 atom stereocenters. The third kappa shape index (κ3) is 2.27. The van der Waals surface area contributed by atoms with Crippen molar-refractivity contribution in [1.29, 1.82) is 0 Å². The van der Waals surface area contributed by atoms with Crippen molar-refractivity contribution >= 4 is 21.7 Å². The van der Waals surface area contributed by atoms with E-state index in [-0.39, 0.29) is 0 Å². The van der Waals surface area contributed by atoms with Gasteiger partial charge in [-0.05, 0) is 39.5 Å². The van der Waals surface area contributed by atoms with Gasteiger partial charge in [-0.2, -0.15) is 5.10 Å². The highest BCUT2D eigenvalue weighted by Gasteiger charge is 2.25. The topological polar surface area (TPSA) is 42.7 Å². The molecule has 0 radical (unpaired) electrons. The van der Waals surface area contributed by atoms with Crippen LogP contribution in [0.5, 0.6) is 0 Å². The van der Waals surface area contributed by atoms with Crippen LogP contribution in [0.2, 0.25) is 0 Å². The van der Waals surface area contributed by atoms with E-state index in [1.807, 2.05) is 12.4 Å². The quantitative estimate of drug-likeness (QED) is 0.922. The molecule has 100 valence electrons. The largest absolute Gasteiger partial charge is 0.369 e. The molecule has 0 spiro atoms. The zero-order chi connectivity index (χ0) is 13.4.